The molecule has 2 N–H and O–H groups in total. The third-order valence-corrected chi connectivity index (χ3v) is 4.92. The highest BCUT2D eigenvalue weighted by Crippen LogP contribution is 2.23. The summed E-state index contributed by atoms with van der Waals surface area (Å²) in [5.74, 6) is -1.51. The predicted octanol–water partition coefficient (Wildman–Crippen LogP) is 3.48. The summed E-state index contributed by atoms with van der Waals surface area (Å²) in [7, 11) is 0. The topological polar surface area (TPSA) is 69.6 Å². The van der Waals surface area contributed by atoms with E-state index >= 15 is 0 Å². The minimum absolute atomic E-state index is 0.0291. The van der Waals surface area contributed by atoms with Gasteiger partial charge in [-0.05, 0) is 49.6 Å². The van der Waals surface area contributed by atoms with Crippen molar-refractivity contribution >= 4 is 17.6 Å². The van der Waals surface area contributed by atoms with Gasteiger partial charge in [0, 0.05) is 12.2 Å². The van der Waals surface area contributed by atoms with Crippen molar-refractivity contribution in [1.82, 2.24) is 4.90 Å². The summed E-state index contributed by atoms with van der Waals surface area (Å²) >= 11 is 0. The highest BCUT2D eigenvalue weighted by atomic mass is 16.4. The van der Waals surface area contributed by atoms with Gasteiger partial charge in [-0.2, -0.15) is 0 Å². The van der Waals surface area contributed by atoms with Crippen LogP contribution >= 0.6 is 0 Å². The maximum atomic E-state index is 12.8. The second kappa shape index (κ2) is 8.15. The van der Waals surface area contributed by atoms with Crippen LogP contribution < -0.4 is 5.32 Å². The van der Waals surface area contributed by atoms with Gasteiger partial charge in [0.15, 0.2) is 0 Å². The first-order chi connectivity index (χ1) is 12.5. The molecule has 0 aromatic heterocycles. The van der Waals surface area contributed by atoms with E-state index in [0.29, 0.717) is 11.3 Å². The lowest BCUT2D eigenvalue weighted by molar-refractivity contribution is -0.138. The molecule has 0 saturated carbocycles. The van der Waals surface area contributed by atoms with Gasteiger partial charge in [0.1, 0.15) is 0 Å². The summed E-state index contributed by atoms with van der Waals surface area (Å²) in [5.41, 5.74) is 2.53. The van der Waals surface area contributed by atoms with Gasteiger partial charge in [-0.15, -0.1) is 0 Å². The smallest absolute Gasteiger partial charge is 0.310 e. The molecule has 0 bridgehead atoms. The van der Waals surface area contributed by atoms with Gasteiger partial charge in [0.2, 0.25) is 5.91 Å². The van der Waals surface area contributed by atoms with E-state index in [1.54, 1.807) is 31.2 Å². The molecule has 136 valence electrons. The molecule has 3 rings (SSSR count). The quantitative estimate of drug-likeness (QED) is 0.835. The number of carbonyl (C=O) groups is 2. The van der Waals surface area contributed by atoms with Crippen LogP contribution in [0.15, 0.2) is 54.6 Å². The number of anilines is 1. The number of amides is 1. The minimum Gasteiger partial charge on any atom is -0.481 e. The number of carboxylic acids is 1. The zero-order valence-corrected chi connectivity index (χ0v) is 14.9. The van der Waals surface area contributed by atoms with Crippen molar-refractivity contribution in [1.29, 1.82) is 0 Å². The average Bonchev–Trinajstić information content (AvgIpc) is 3.10. The molecule has 0 spiro atoms. The first kappa shape index (κ1) is 18.1. The molecule has 2 aromatic carbocycles. The normalized spacial score (nSPS) is 18.4. The zero-order chi connectivity index (χ0) is 18.5. The molecule has 26 heavy (non-hydrogen) atoms. The van der Waals surface area contributed by atoms with Gasteiger partial charge in [0.25, 0.3) is 0 Å². The van der Waals surface area contributed by atoms with Gasteiger partial charge in [-0.25, -0.2) is 0 Å². The summed E-state index contributed by atoms with van der Waals surface area (Å²) < 4.78 is 0. The molecule has 5 heteroatoms. The Morgan fingerprint density at radius 1 is 1.19 bits per heavy atom. The van der Waals surface area contributed by atoms with Crippen LogP contribution in [0.1, 0.15) is 36.8 Å². The molecule has 0 radical (unpaired) electrons. The molecule has 0 aliphatic carbocycles. The fraction of sp³-hybridized carbons (Fsp3) is 0.333. The second-order valence-corrected chi connectivity index (χ2v) is 6.79. The van der Waals surface area contributed by atoms with E-state index in [2.05, 4.69) is 22.3 Å². The van der Waals surface area contributed by atoms with Gasteiger partial charge in [-0.1, -0.05) is 42.5 Å². The van der Waals surface area contributed by atoms with Crippen LogP contribution in [0, 0.1) is 0 Å². The summed E-state index contributed by atoms with van der Waals surface area (Å²) in [6, 6.07) is 17.1. The summed E-state index contributed by atoms with van der Waals surface area (Å²) in [6.07, 6.45) is 1.84. The maximum Gasteiger partial charge on any atom is 0.310 e. The van der Waals surface area contributed by atoms with Gasteiger partial charge in [0.05, 0.1) is 12.0 Å². The Balaban J connectivity index is 1.67. The molecule has 2 unspecified atom stereocenters. The number of likely N-dealkylation sites (tertiary alicyclic amines) is 1. The number of carboxylic acid groups (broad SMARTS) is 1. The number of carbonyl (C=O) groups excluding carboxylic acids is 1. The van der Waals surface area contributed by atoms with Crippen molar-refractivity contribution in [2.75, 3.05) is 11.9 Å². The fourth-order valence-corrected chi connectivity index (χ4v) is 3.38. The molecule has 1 saturated heterocycles. The lowest BCUT2D eigenvalue weighted by Gasteiger charge is -2.24. The van der Waals surface area contributed by atoms with Crippen LogP contribution in [0.3, 0.4) is 0 Å². The van der Waals surface area contributed by atoms with E-state index < -0.39 is 11.9 Å². The van der Waals surface area contributed by atoms with E-state index in [9.17, 15) is 9.59 Å². The van der Waals surface area contributed by atoms with E-state index in [1.165, 1.54) is 5.56 Å². The summed E-state index contributed by atoms with van der Waals surface area (Å²) in [6.45, 7) is 3.31. The van der Waals surface area contributed by atoms with Crippen molar-refractivity contribution in [3.8, 4) is 0 Å². The second-order valence-electron chi connectivity index (χ2n) is 6.79. The van der Waals surface area contributed by atoms with Crippen LogP contribution in [0.4, 0.5) is 5.69 Å². The maximum absolute atomic E-state index is 12.8. The van der Waals surface area contributed by atoms with Crippen molar-refractivity contribution in [3.05, 3.63) is 65.7 Å². The fourth-order valence-electron chi connectivity index (χ4n) is 3.38. The number of nitrogens with zero attached hydrogens (tertiary/aromatic N) is 1. The van der Waals surface area contributed by atoms with E-state index in [0.717, 1.165) is 25.9 Å². The van der Waals surface area contributed by atoms with E-state index in [-0.39, 0.29) is 11.9 Å². The lowest BCUT2D eigenvalue weighted by Crippen LogP contribution is -2.39. The Morgan fingerprint density at radius 3 is 2.69 bits per heavy atom. The molecule has 1 aliphatic heterocycles. The molecular weight excluding hydrogens is 328 g/mol. The Hall–Kier alpha value is -2.66. The van der Waals surface area contributed by atoms with Gasteiger partial charge in [-0.3, -0.25) is 14.5 Å². The monoisotopic (exact) mass is 352 g/mol. The minimum atomic E-state index is -0.877. The van der Waals surface area contributed by atoms with Crippen LogP contribution in [0.2, 0.25) is 0 Å². The molecule has 1 amide bonds. The van der Waals surface area contributed by atoms with Gasteiger partial charge < -0.3 is 10.4 Å². The number of rotatable bonds is 6. The molecule has 1 fully saturated rings. The van der Waals surface area contributed by atoms with Crippen molar-refractivity contribution < 1.29 is 14.7 Å². The molecule has 1 heterocycles. The van der Waals surface area contributed by atoms with Gasteiger partial charge >= 0.3 is 5.97 Å². The summed E-state index contributed by atoms with van der Waals surface area (Å²) in [5, 5.41) is 12.1. The Morgan fingerprint density at radius 2 is 1.96 bits per heavy atom. The molecule has 1 aliphatic rings. The highest BCUT2D eigenvalue weighted by Gasteiger charge is 2.30. The molecular formula is C21H24N2O3. The summed E-state index contributed by atoms with van der Waals surface area (Å²) in [4.78, 5) is 26.1. The third-order valence-electron chi connectivity index (χ3n) is 4.92. The van der Waals surface area contributed by atoms with Crippen LogP contribution in [-0.4, -0.2) is 34.5 Å². The first-order valence-corrected chi connectivity index (χ1v) is 8.96. The van der Waals surface area contributed by atoms with E-state index in [1.807, 2.05) is 18.2 Å². The number of benzene rings is 2. The molecule has 2 aromatic rings. The van der Waals surface area contributed by atoms with Crippen LogP contribution in [0.5, 0.6) is 0 Å². The zero-order valence-electron chi connectivity index (χ0n) is 14.9. The van der Waals surface area contributed by atoms with Crippen molar-refractivity contribution in [2.45, 2.75) is 38.3 Å². The SMILES string of the molecule is CC(C(=O)O)c1cccc(NC(=O)C2CCCN2Cc2ccccc2)c1. The van der Waals surface area contributed by atoms with Crippen molar-refractivity contribution in [2.24, 2.45) is 0 Å². The average molecular weight is 352 g/mol. The predicted molar refractivity (Wildman–Crippen MR) is 101 cm³/mol. The largest absolute Gasteiger partial charge is 0.481 e. The number of hydrogen-bond acceptors (Lipinski definition) is 3. The Bertz CT molecular complexity index is 776. The van der Waals surface area contributed by atoms with Crippen LogP contribution in [-0.2, 0) is 16.1 Å². The van der Waals surface area contributed by atoms with E-state index in [4.69, 9.17) is 5.11 Å². The molecule has 5 nitrogen and oxygen atoms in total. The Labute approximate surface area is 153 Å². The van der Waals surface area contributed by atoms with Crippen LogP contribution in [0.25, 0.3) is 0 Å². The Kier molecular flexibility index (Phi) is 5.68. The first-order valence-electron chi connectivity index (χ1n) is 8.96. The number of nitrogens with one attached hydrogen (secondary N) is 1. The highest BCUT2D eigenvalue weighted by molar-refractivity contribution is 5.95. The number of hydrogen-bond donors (Lipinski definition) is 2. The number of aliphatic carboxylic acids is 1. The third kappa shape index (κ3) is 4.29. The molecule has 2 atom stereocenters. The standard InChI is InChI=1S/C21H24N2O3/c1-15(21(25)26)17-9-5-10-18(13-17)22-20(24)19-11-6-12-23(19)14-16-7-3-2-4-8-16/h2-5,7-10,13,15,19H,6,11-12,14H2,1H3,(H,22,24)(H,25,26). The lowest BCUT2D eigenvalue weighted by atomic mass is 10.0. The van der Waals surface area contributed by atoms with Crippen molar-refractivity contribution in [3.63, 3.8) is 0 Å².